The van der Waals surface area contributed by atoms with Gasteiger partial charge in [-0.1, -0.05) is 29.5 Å². The number of aromatic nitrogens is 4. The van der Waals surface area contributed by atoms with Gasteiger partial charge in [0.15, 0.2) is 0 Å². The monoisotopic (exact) mass is 765 g/mol. The number of carbonyl (C=O) groups excluding carboxylic acids is 4. The van der Waals surface area contributed by atoms with Crippen LogP contribution in [0.1, 0.15) is 72.5 Å². The van der Waals surface area contributed by atoms with Crippen molar-refractivity contribution in [1.29, 1.82) is 0 Å². The van der Waals surface area contributed by atoms with Gasteiger partial charge in [-0.15, -0.1) is 0 Å². The van der Waals surface area contributed by atoms with E-state index >= 15 is 0 Å². The van der Waals surface area contributed by atoms with Crippen LogP contribution in [0.15, 0.2) is 53.6 Å². The van der Waals surface area contributed by atoms with Crippen LogP contribution in [0.2, 0.25) is 5.02 Å². The van der Waals surface area contributed by atoms with E-state index in [2.05, 4.69) is 27.6 Å². The molecule has 2 saturated heterocycles. The highest BCUT2D eigenvalue weighted by Crippen LogP contribution is 2.41. The number of amides is 4. The van der Waals surface area contributed by atoms with E-state index in [0.29, 0.717) is 60.9 Å². The maximum atomic E-state index is 13.4. The van der Waals surface area contributed by atoms with Crippen molar-refractivity contribution in [3.05, 3.63) is 81.0 Å². The molecule has 13 nitrogen and oxygen atoms in total. The number of hydrogen-bond donors (Lipinski definition) is 2. The summed E-state index contributed by atoms with van der Waals surface area (Å²) in [4.78, 5) is 65.9. The number of piperidine rings is 2. The first-order valence-corrected chi connectivity index (χ1v) is 17.8. The molecule has 3 fully saturated rings. The van der Waals surface area contributed by atoms with Crippen molar-refractivity contribution in [2.45, 2.75) is 68.8 Å². The van der Waals surface area contributed by atoms with Gasteiger partial charge in [0.05, 0.1) is 50.7 Å². The molecule has 0 spiro atoms. The summed E-state index contributed by atoms with van der Waals surface area (Å²) < 4.78 is 49.5. The lowest BCUT2D eigenvalue weighted by Gasteiger charge is -2.40. The lowest BCUT2D eigenvalue weighted by atomic mass is 9.76. The number of halogens is 4. The van der Waals surface area contributed by atoms with Gasteiger partial charge < -0.3 is 15.0 Å². The number of nitrogens with zero attached hydrogens (tertiary/aromatic N) is 5. The fourth-order valence-corrected chi connectivity index (χ4v) is 7.47. The number of anilines is 1. The second-order valence-electron chi connectivity index (χ2n) is 13.7. The van der Waals surface area contributed by atoms with E-state index < -0.39 is 35.1 Å². The number of para-hydroxylation sites is 1. The molecule has 4 amide bonds. The van der Waals surface area contributed by atoms with Crippen molar-refractivity contribution in [1.82, 2.24) is 29.1 Å². The molecule has 2 aromatic carbocycles. The standard InChI is InChI=1S/C37H35ClF3N7O6/c1-45-31-22(5-2-7-28(31)48(35(45)53)29-10-11-30(49)44-32(29)50)6-3-18-54-25-12-16-46(17-13-25)33(51)23-20-42-47(21-23)36(14-4-15-36)34(52)43-27-9-8-24(19-26(27)38)37(39,40)41/h2,5,7-9,19-21,25,29H,4,10-18H2,1H3,(H,43,52)(H,44,49,50). The molecular weight excluding hydrogens is 731 g/mol. The smallest absolute Gasteiger partial charge is 0.365 e. The molecule has 4 aromatic rings. The Labute approximate surface area is 311 Å². The zero-order valence-electron chi connectivity index (χ0n) is 29.0. The van der Waals surface area contributed by atoms with Gasteiger partial charge in [0.1, 0.15) is 18.2 Å². The maximum absolute atomic E-state index is 13.4. The van der Waals surface area contributed by atoms with Crippen LogP contribution >= 0.6 is 11.6 Å². The molecule has 7 rings (SSSR count). The number of alkyl halides is 3. The first-order chi connectivity index (χ1) is 25.8. The number of benzene rings is 2. The Balaban J connectivity index is 0.943. The predicted molar refractivity (Wildman–Crippen MR) is 189 cm³/mol. The number of carbonyl (C=O) groups is 4. The zero-order chi connectivity index (χ0) is 38.4. The maximum Gasteiger partial charge on any atom is 0.416 e. The number of imide groups is 1. The fraction of sp³-hybridized carbons (Fsp3) is 0.405. The molecule has 3 aliphatic rings. The van der Waals surface area contributed by atoms with E-state index in [0.717, 1.165) is 24.6 Å². The fourth-order valence-electron chi connectivity index (χ4n) is 7.24. The molecule has 2 aromatic heterocycles. The number of ether oxygens (including phenoxy) is 1. The number of imidazole rings is 1. The highest BCUT2D eigenvalue weighted by atomic mass is 35.5. The van der Waals surface area contributed by atoms with Crippen LogP contribution in [-0.4, -0.2) is 73.2 Å². The molecule has 0 radical (unpaired) electrons. The molecule has 1 unspecified atom stereocenters. The quantitative estimate of drug-likeness (QED) is 0.210. The van der Waals surface area contributed by atoms with E-state index in [-0.39, 0.29) is 53.8 Å². The number of hydrogen-bond acceptors (Lipinski definition) is 7. The first kappa shape index (κ1) is 36.9. The van der Waals surface area contributed by atoms with Crippen molar-refractivity contribution in [3.63, 3.8) is 0 Å². The molecule has 2 aliphatic heterocycles. The Morgan fingerprint density at radius 2 is 1.87 bits per heavy atom. The number of likely N-dealkylation sites (tertiary alicyclic amines) is 1. The SMILES string of the molecule is Cn1c(=O)n(C2CCC(=O)NC2=O)c2cccc(C#CCOC3CCN(C(=O)c4cnn(C5(C(=O)Nc6ccc(C(F)(F)F)cc6Cl)CCC5)c4)CC3)c21. The van der Waals surface area contributed by atoms with Crippen molar-refractivity contribution in [2.24, 2.45) is 7.05 Å². The first-order valence-electron chi connectivity index (χ1n) is 17.4. The number of fused-ring (bicyclic) bond motifs is 1. The van der Waals surface area contributed by atoms with Gasteiger partial charge in [-0.2, -0.15) is 18.3 Å². The third kappa shape index (κ3) is 6.89. The van der Waals surface area contributed by atoms with Crippen LogP contribution < -0.4 is 16.3 Å². The predicted octanol–water partition coefficient (Wildman–Crippen LogP) is 4.38. The number of nitrogens with one attached hydrogen (secondary N) is 2. The van der Waals surface area contributed by atoms with E-state index in [1.165, 1.54) is 26.2 Å². The molecule has 1 saturated carbocycles. The highest BCUT2D eigenvalue weighted by Gasteiger charge is 2.47. The van der Waals surface area contributed by atoms with Gasteiger partial charge in [0.25, 0.3) is 11.8 Å². The zero-order valence-corrected chi connectivity index (χ0v) is 29.8. The number of aryl methyl sites for hydroxylation is 1. The van der Waals surface area contributed by atoms with E-state index in [4.69, 9.17) is 16.3 Å². The van der Waals surface area contributed by atoms with E-state index in [9.17, 15) is 37.1 Å². The lowest BCUT2D eigenvalue weighted by Crippen LogP contribution is -2.51. The molecule has 2 N–H and O–H groups in total. The van der Waals surface area contributed by atoms with Crippen molar-refractivity contribution < 1.29 is 37.1 Å². The van der Waals surface area contributed by atoms with E-state index in [1.54, 1.807) is 30.1 Å². The molecule has 282 valence electrons. The summed E-state index contributed by atoms with van der Waals surface area (Å²) in [5.74, 6) is 4.50. The Hall–Kier alpha value is -5.40. The van der Waals surface area contributed by atoms with Gasteiger partial charge in [0, 0.05) is 32.8 Å². The molecule has 1 atom stereocenters. The molecule has 1 aliphatic carbocycles. The summed E-state index contributed by atoms with van der Waals surface area (Å²) in [5, 5.41) is 9.05. The van der Waals surface area contributed by atoms with Crippen LogP contribution in [0.5, 0.6) is 0 Å². The Bertz CT molecular complexity index is 2290. The minimum atomic E-state index is -4.57. The van der Waals surface area contributed by atoms with Crippen LogP contribution in [0.3, 0.4) is 0 Å². The Kier molecular flexibility index (Phi) is 9.88. The second kappa shape index (κ2) is 14.4. The second-order valence-corrected chi connectivity index (χ2v) is 14.1. The Morgan fingerprint density at radius 3 is 2.54 bits per heavy atom. The molecule has 4 heterocycles. The average molecular weight is 766 g/mol. The van der Waals surface area contributed by atoms with Crippen LogP contribution in [0.25, 0.3) is 11.0 Å². The normalized spacial score (nSPS) is 18.8. The minimum absolute atomic E-state index is 0.0477. The Morgan fingerprint density at radius 1 is 1.11 bits per heavy atom. The third-order valence-corrected chi connectivity index (χ3v) is 10.7. The summed E-state index contributed by atoms with van der Waals surface area (Å²) in [5.41, 5.74) is -0.354. The lowest BCUT2D eigenvalue weighted by molar-refractivity contribution is -0.138. The summed E-state index contributed by atoms with van der Waals surface area (Å²) in [6.45, 7) is 0.969. The summed E-state index contributed by atoms with van der Waals surface area (Å²) >= 11 is 6.07. The number of rotatable bonds is 7. The topological polar surface area (TPSA) is 150 Å². The summed E-state index contributed by atoms with van der Waals surface area (Å²) in [6.07, 6.45) is 1.33. The van der Waals surface area contributed by atoms with Gasteiger partial charge in [0.2, 0.25) is 11.8 Å². The highest BCUT2D eigenvalue weighted by molar-refractivity contribution is 6.33. The molecule has 17 heteroatoms. The summed E-state index contributed by atoms with van der Waals surface area (Å²) in [7, 11) is 1.61. The molecule has 0 bridgehead atoms. The largest absolute Gasteiger partial charge is 0.416 e. The van der Waals surface area contributed by atoms with Gasteiger partial charge in [-0.05, 0) is 68.9 Å². The van der Waals surface area contributed by atoms with Crippen LogP contribution in [0, 0.1) is 11.8 Å². The third-order valence-electron chi connectivity index (χ3n) is 10.4. The van der Waals surface area contributed by atoms with Crippen molar-refractivity contribution >= 4 is 52.0 Å². The van der Waals surface area contributed by atoms with Crippen LogP contribution in [-0.2, 0) is 37.9 Å². The van der Waals surface area contributed by atoms with Crippen molar-refractivity contribution in [2.75, 3.05) is 25.0 Å². The van der Waals surface area contributed by atoms with E-state index in [1.807, 2.05) is 0 Å². The molecular formula is C37H35ClF3N7O6. The summed E-state index contributed by atoms with van der Waals surface area (Å²) in [6, 6.07) is 7.21. The minimum Gasteiger partial charge on any atom is -0.365 e. The van der Waals surface area contributed by atoms with Crippen LogP contribution in [0.4, 0.5) is 18.9 Å². The van der Waals surface area contributed by atoms with Gasteiger partial charge >= 0.3 is 11.9 Å². The average Bonchev–Trinajstić information content (AvgIpc) is 3.70. The molecule has 54 heavy (non-hydrogen) atoms. The van der Waals surface area contributed by atoms with Gasteiger partial charge in [-0.25, -0.2) is 4.79 Å². The van der Waals surface area contributed by atoms with Gasteiger partial charge in [-0.3, -0.25) is 38.3 Å². The van der Waals surface area contributed by atoms with Crippen molar-refractivity contribution in [3.8, 4) is 11.8 Å².